The molecular weight excluding hydrogens is 484 g/mol. The molecule has 0 radical (unpaired) electrons. The Hall–Kier alpha value is -1.10. The van der Waals surface area contributed by atoms with E-state index in [1.54, 1.807) is 6.07 Å². The van der Waals surface area contributed by atoms with Gasteiger partial charge in [-0.15, -0.1) is 11.3 Å². The Morgan fingerprint density at radius 1 is 1.29 bits per heavy atom. The van der Waals surface area contributed by atoms with E-state index in [1.165, 1.54) is 33.8 Å². The molecule has 1 aromatic heterocycles. The zero-order chi connectivity index (χ0) is 17.5. The van der Waals surface area contributed by atoms with Crippen molar-refractivity contribution in [3.8, 4) is 5.75 Å². The number of sulfonamides is 1. The van der Waals surface area contributed by atoms with E-state index in [1.807, 2.05) is 0 Å². The van der Waals surface area contributed by atoms with Gasteiger partial charge in [0.15, 0.2) is 0 Å². The summed E-state index contributed by atoms with van der Waals surface area (Å²) in [6.07, 6.45) is 0.558. The molecule has 1 amide bonds. The average molecular weight is 496 g/mol. The highest BCUT2D eigenvalue weighted by atomic mass is 79.9. The number of phenols is 1. The van der Waals surface area contributed by atoms with Gasteiger partial charge in [0.2, 0.25) is 10.0 Å². The maximum atomic E-state index is 12.3. The van der Waals surface area contributed by atoms with E-state index >= 15 is 0 Å². The van der Waals surface area contributed by atoms with Gasteiger partial charge in [-0.3, -0.25) is 9.10 Å². The number of carbonyl (C=O) groups excluding carboxylic acids is 1. The fraction of sp³-hybridized carbons (Fsp3) is 0.214. The van der Waals surface area contributed by atoms with Gasteiger partial charge in [0, 0.05) is 11.0 Å². The van der Waals surface area contributed by atoms with Crippen molar-refractivity contribution in [2.75, 3.05) is 21.9 Å². The first-order chi connectivity index (χ1) is 11.3. The fourth-order valence-corrected chi connectivity index (χ4v) is 5.84. The Bertz CT molecular complexity index is 892. The van der Waals surface area contributed by atoms with Crippen LogP contribution in [0, 0.1) is 0 Å². The summed E-state index contributed by atoms with van der Waals surface area (Å²) in [6.45, 7) is 0.394. The number of amides is 1. The molecule has 128 valence electrons. The first-order valence-corrected chi connectivity index (χ1v) is 10.9. The number of phenolic OH excluding ortho intramolecular Hbond substituents is 1. The zero-order valence-electron chi connectivity index (χ0n) is 12.1. The average Bonchev–Trinajstić information content (AvgIpc) is 3.04. The molecule has 10 heteroatoms. The van der Waals surface area contributed by atoms with E-state index in [9.17, 15) is 18.3 Å². The number of aromatic hydroxyl groups is 1. The van der Waals surface area contributed by atoms with Gasteiger partial charge >= 0.3 is 0 Å². The number of benzene rings is 1. The summed E-state index contributed by atoms with van der Waals surface area (Å²) in [5.74, 6) is -0.409. The molecule has 1 fully saturated rings. The van der Waals surface area contributed by atoms with Gasteiger partial charge in [0.1, 0.15) is 5.75 Å². The highest BCUT2D eigenvalue weighted by Crippen LogP contribution is 2.35. The summed E-state index contributed by atoms with van der Waals surface area (Å²) < 4.78 is 26.9. The molecule has 2 aromatic rings. The van der Waals surface area contributed by atoms with Crippen LogP contribution in [0.25, 0.3) is 0 Å². The van der Waals surface area contributed by atoms with Gasteiger partial charge in [-0.25, -0.2) is 8.42 Å². The number of nitrogens with one attached hydrogen (secondary N) is 1. The van der Waals surface area contributed by atoms with Crippen LogP contribution in [0.5, 0.6) is 5.75 Å². The van der Waals surface area contributed by atoms with Crippen molar-refractivity contribution in [1.29, 1.82) is 0 Å². The normalized spacial score (nSPS) is 16.3. The second-order valence-corrected chi connectivity index (χ2v) is 10.4. The number of carbonyl (C=O) groups is 1. The van der Waals surface area contributed by atoms with Crippen LogP contribution in [0.2, 0.25) is 0 Å². The second kappa shape index (κ2) is 6.66. The molecule has 1 saturated heterocycles. The number of thiophene rings is 1. The molecule has 0 spiro atoms. The number of halogens is 2. The highest BCUT2D eigenvalue weighted by Gasteiger charge is 2.29. The summed E-state index contributed by atoms with van der Waals surface area (Å²) in [7, 11) is -3.32. The summed E-state index contributed by atoms with van der Waals surface area (Å²) >= 11 is 7.88. The van der Waals surface area contributed by atoms with E-state index in [2.05, 4.69) is 37.2 Å². The minimum Gasteiger partial charge on any atom is -0.506 e. The Balaban J connectivity index is 1.88. The first-order valence-electron chi connectivity index (χ1n) is 6.87. The van der Waals surface area contributed by atoms with Crippen LogP contribution in [-0.4, -0.2) is 31.7 Å². The minimum absolute atomic E-state index is 0.104. The quantitative estimate of drug-likeness (QED) is 0.634. The Morgan fingerprint density at radius 2 is 2.04 bits per heavy atom. The van der Waals surface area contributed by atoms with E-state index < -0.39 is 10.0 Å². The predicted molar refractivity (Wildman–Crippen MR) is 102 cm³/mol. The van der Waals surface area contributed by atoms with E-state index in [0.717, 1.165) is 8.26 Å². The van der Waals surface area contributed by atoms with Gasteiger partial charge in [0.25, 0.3) is 5.91 Å². The Kier molecular flexibility index (Phi) is 4.92. The van der Waals surface area contributed by atoms with Gasteiger partial charge < -0.3 is 10.4 Å². The maximum Gasteiger partial charge on any atom is 0.265 e. The van der Waals surface area contributed by atoms with Crippen LogP contribution >= 0.6 is 43.2 Å². The van der Waals surface area contributed by atoms with Gasteiger partial charge in [-0.2, -0.15) is 0 Å². The first kappa shape index (κ1) is 17.7. The summed E-state index contributed by atoms with van der Waals surface area (Å²) in [6, 6.07) is 6.02. The third-order valence-electron chi connectivity index (χ3n) is 3.48. The molecule has 0 atom stereocenters. The molecule has 0 aliphatic carbocycles. The molecule has 1 aromatic carbocycles. The van der Waals surface area contributed by atoms with E-state index in [0.29, 0.717) is 23.5 Å². The monoisotopic (exact) mass is 494 g/mol. The number of nitrogens with zero attached hydrogens (tertiary/aromatic N) is 1. The van der Waals surface area contributed by atoms with Crippen LogP contribution in [0.15, 0.2) is 32.5 Å². The third kappa shape index (κ3) is 3.46. The van der Waals surface area contributed by atoms with Gasteiger partial charge in [0.05, 0.1) is 25.8 Å². The topological polar surface area (TPSA) is 86.7 Å². The Labute approximate surface area is 159 Å². The smallest absolute Gasteiger partial charge is 0.265 e. The molecule has 6 nitrogen and oxygen atoms in total. The van der Waals surface area contributed by atoms with Crippen molar-refractivity contribution < 1.29 is 18.3 Å². The lowest BCUT2D eigenvalue weighted by Crippen LogP contribution is -2.25. The Morgan fingerprint density at radius 3 is 2.62 bits per heavy atom. The van der Waals surface area contributed by atoms with Crippen molar-refractivity contribution in [2.24, 2.45) is 0 Å². The molecule has 24 heavy (non-hydrogen) atoms. The number of hydrogen-bond acceptors (Lipinski definition) is 5. The van der Waals surface area contributed by atoms with Crippen molar-refractivity contribution in [3.05, 3.63) is 37.4 Å². The SMILES string of the molecule is O=C(Nc1cc(N2CCCS2(=O)=O)ccc1O)c1cc(Br)c(Br)s1. The highest BCUT2D eigenvalue weighted by molar-refractivity contribution is 9.13. The van der Waals surface area contributed by atoms with Crippen molar-refractivity contribution in [1.82, 2.24) is 0 Å². The van der Waals surface area contributed by atoms with Gasteiger partial charge in [-0.05, 0) is 62.5 Å². The lowest BCUT2D eigenvalue weighted by Gasteiger charge is -2.18. The molecule has 1 aliphatic rings. The zero-order valence-corrected chi connectivity index (χ0v) is 16.9. The standard InChI is InChI=1S/C14H12Br2N2O4S2/c15-9-7-12(23-13(9)16)14(20)17-10-6-8(2-3-11(10)19)18-4-1-5-24(18,21)22/h2-3,6-7,19H,1,4-5H2,(H,17,20). The van der Waals surface area contributed by atoms with Crippen LogP contribution in [0.1, 0.15) is 16.1 Å². The van der Waals surface area contributed by atoms with Crippen LogP contribution in [0.3, 0.4) is 0 Å². The minimum atomic E-state index is -3.32. The molecule has 0 unspecified atom stereocenters. The van der Waals surface area contributed by atoms with Crippen molar-refractivity contribution >= 4 is 70.5 Å². The number of rotatable bonds is 3. The van der Waals surface area contributed by atoms with Crippen LogP contribution in [-0.2, 0) is 10.0 Å². The second-order valence-electron chi connectivity index (χ2n) is 5.13. The lowest BCUT2D eigenvalue weighted by atomic mass is 10.2. The van der Waals surface area contributed by atoms with Gasteiger partial charge in [-0.1, -0.05) is 0 Å². The number of hydrogen-bond donors (Lipinski definition) is 2. The summed E-state index contributed by atoms with van der Waals surface area (Å²) in [5, 5.41) is 12.6. The maximum absolute atomic E-state index is 12.3. The van der Waals surface area contributed by atoms with Crippen molar-refractivity contribution in [3.63, 3.8) is 0 Å². The molecule has 0 saturated carbocycles. The molecule has 2 N–H and O–H groups in total. The van der Waals surface area contributed by atoms with E-state index in [-0.39, 0.29) is 23.1 Å². The summed E-state index contributed by atoms with van der Waals surface area (Å²) in [5.41, 5.74) is 0.592. The molecule has 3 rings (SSSR count). The third-order valence-corrected chi connectivity index (χ3v) is 8.61. The molecule has 1 aliphatic heterocycles. The number of anilines is 2. The predicted octanol–water partition coefficient (Wildman–Crippen LogP) is 3.77. The molecule has 2 heterocycles. The largest absolute Gasteiger partial charge is 0.506 e. The van der Waals surface area contributed by atoms with E-state index in [4.69, 9.17) is 0 Å². The molecular formula is C14H12Br2N2O4S2. The van der Waals surface area contributed by atoms with Crippen LogP contribution in [0.4, 0.5) is 11.4 Å². The van der Waals surface area contributed by atoms with Crippen molar-refractivity contribution in [2.45, 2.75) is 6.42 Å². The summed E-state index contributed by atoms with van der Waals surface area (Å²) in [4.78, 5) is 12.8. The fourth-order valence-electron chi connectivity index (χ4n) is 2.35. The van der Waals surface area contributed by atoms with Crippen LogP contribution < -0.4 is 9.62 Å². The molecule has 0 bridgehead atoms. The lowest BCUT2D eigenvalue weighted by molar-refractivity contribution is 0.103.